The number of hydrogen-bond acceptors (Lipinski definition) is 3. The van der Waals surface area contributed by atoms with E-state index in [0.29, 0.717) is 11.3 Å². The highest BCUT2D eigenvalue weighted by Crippen LogP contribution is 2.16. The van der Waals surface area contributed by atoms with Gasteiger partial charge in [0.2, 0.25) is 0 Å². The van der Waals surface area contributed by atoms with Crippen LogP contribution in [0, 0.1) is 0 Å². The van der Waals surface area contributed by atoms with Crippen molar-refractivity contribution in [1.82, 2.24) is 0 Å². The van der Waals surface area contributed by atoms with Crippen LogP contribution in [0.25, 0.3) is 6.08 Å². The van der Waals surface area contributed by atoms with Crippen LogP contribution < -0.4 is 4.74 Å². The third-order valence-corrected chi connectivity index (χ3v) is 3.77. The van der Waals surface area contributed by atoms with Crippen LogP contribution in [0.1, 0.15) is 47.7 Å². The van der Waals surface area contributed by atoms with Crippen molar-refractivity contribution in [2.45, 2.75) is 32.6 Å². The van der Waals surface area contributed by atoms with E-state index < -0.39 is 11.9 Å². The van der Waals surface area contributed by atoms with Crippen LogP contribution in [0.5, 0.6) is 5.75 Å². The van der Waals surface area contributed by atoms with Crippen molar-refractivity contribution in [2.75, 3.05) is 0 Å². The molecule has 0 aromatic heterocycles. The predicted octanol–water partition coefficient (Wildman–Crippen LogP) is 4.74. The molecule has 4 heteroatoms. The molecule has 130 valence electrons. The first-order chi connectivity index (χ1) is 12.1. The first-order valence-corrected chi connectivity index (χ1v) is 8.40. The van der Waals surface area contributed by atoms with Crippen LogP contribution in [0.3, 0.4) is 0 Å². The number of unbranched alkanes of at least 4 members (excludes halogenated alkanes) is 2. The van der Waals surface area contributed by atoms with E-state index in [1.54, 1.807) is 36.4 Å². The Bertz CT molecular complexity index is 727. The largest absolute Gasteiger partial charge is 0.478 e. The van der Waals surface area contributed by atoms with Crippen LogP contribution in [0.2, 0.25) is 0 Å². The summed E-state index contributed by atoms with van der Waals surface area (Å²) in [6.07, 6.45) is 7.11. The molecule has 0 aliphatic rings. The minimum absolute atomic E-state index is 0.408. The zero-order valence-electron chi connectivity index (χ0n) is 14.3. The van der Waals surface area contributed by atoms with Gasteiger partial charge in [0.1, 0.15) is 5.75 Å². The molecule has 2 aromatic carbocycles. The van der Waals surface area contributed by atoms with Gasteiger partial charge in [-0.05, 0) is 54.3 Å². The highest BCUT2D eigenvalue weighted by molar-refractivity contribution is 5.91. The molecule has 25 heavy (non-hydrogen) atoms. The van der Waals surface area contributed by atoms with Gasteiger partial charge >= 0.3 is 11.9 Å². The molecule has 4 nitrogen and oxygen atoms in total. The summed E-state index contributed by atoms with van der Waals surface area (Å²) < 4.78 is 5.34. The Hall–Kier alpha value is -2.88. The number of esters is 1. The fourth-order valence-corrected chi connectivity index (χ4v) is 2.37. The number of aliphatic carboxylic acids is 1. The monoisotopic (exact) mass is 338 g/mol. The van der Waals surface area contributed by atoms with E-state index in [9.17, 15) is 9.59 Å². The van der Waals surface area contributed by atoms with Gasteiger partial charge in [-0.25, -0.2) is 9.59 Å². The summed E-state index contributed by atoms with van der Waals surface area (Å²) in [5, 5.41) is 8.60. The van der Waals surface area contributed by atoms with Crippen LogP contribution in [0.15, 0.2) is 54.6 Å². The highest BCUT2D eigenvalue weighted by Gasteiger charge is 2.08. The van der Waals surface area contributed by atoms with Crippen LogP contribution in [-0.4, -0.2) is 17.0 Å². The van der Waals surface area contributed by atoms with Crippen LogP contribution >= 0.6 is 0 Å². The summed E-state index contributed by atoms with van der Waals surface area (Å²) in [5.41, 5.74) is 2.45. The van der Waals surface area contributed by atoms with E-state index in [1.807, 2.05) is 12.1 Å². The summed E-state index contributed by atoms with van der Waals surface area (Å²) >= 11 is 0. The molecule has 2 aromatic rings. The van der Waals surface area contributed by atoms with E-state index in [4.69, 9.17) is 9.84 Å². The number of carbonyl (C=O) groups is 2. The minimum atomic E-state index is -1.01. The number of carbonyl (C=O) groups excluding carboxylic acids is 1. The molecule has 0 saturated carbocycles. The highest BCUT2D eigenvalue weighted by atomic mass is 16.5. The second kappa shape index (κ2) is 9.42. The maximum atomic E-state index is 12.2. The van der Waals surface area contributed by atoms with E-state index in [1.165, 1.54) is 24.5 Å². The number of carboxylic acid groups (broad SMARTS) is 1. The van der Waals surface area contributed by atoms with Crippen molar-refractivity contribution in [3.63, 3.8) is 0 Å². The average molecular weight is 338 g/mol. The first kappa shape index (κ1) is 18.5. The lowest BCUT2D eigenvalue weighted by molar-refractivity contribution is -0.131. The van der Waals surface area contributed by atoms with Crippen molar-refractivity contribution >= 4 is 18.0 Å². The summed E-state index contributed by atoms with van der Waals surface area (Å²) in [7, 11) is 0. The van der Waals surface area contributed by atoms with E-state index in [2.05, 4.69) is 6.92 Å². The lowest BCUT2D eigenvalue weighted by atomic mass is 10.1. The van der Waals surface area contributed by atoms with Gasteiger partial charge in [-0.3, -0.25) is 0 Å². The van der Waals surface area contributed by atoms with Gasteiger partial charge in [0, 0.05) is 6.08 Å². The van der Waals surface area contributed by atoms with E-state index in [-0.39, 0.29) is 0 Å². The second-order valence-electron chi connectivity index (χ2n) is 5.78. The number of ether oxygens (including phenoxy) is 1. The van der Waals surface area contributed by atoms with Crippen molar-refractivity contribution in [3.8, 4) is 5.75 Å². The zero-order valence-corrected chi connectivity index (χ0v) is 14.3. The number of carboxylic acids is 1. The fraction of sp³-hybridized carbons (Fsp3) is 0.238. The summed E-state index contributed by atoms with van der Waals surface area (Å²) in [5.74, 6) is -0.993. The lowest BCUT2D eigenvalue weighted by Crippen LogP contribution is -2.08. The molecule has 2 rings (SSSR count). The maximum absolute atomic E-state index is 12.2. The molecule has 0 bridgehead atoms. The van der Waals surface area contributed by atoms with E-state index >= 15 is 0 Å². The number of aryl methyl sites for hydroxylation is 1. The molecule has 0 fully saturated rings. The van der Waals surface area contributed by atoms with Gasteiger partial charge in [0.05, 0.1) is 5.56 Å². The Balaban J connectivity index is 1.93. The van der Waals surface area contributed by atoms with Crippen molar-refractivity contribution in [2.24, 2.45) is 0 Å². The third kappa shape index (κ3) is 6.26. The second-order valence-corrected chi connectivity index (χ2v) is 5.78. The molecule has 0 aliphatic carbocycles. The Morgan fingerprint density at radius 2 is 1.68 bits per heavy atom. The third-order valence-electron chi connectivity index (χ3n) is 3.77. The smallest absolute Gasteiger partial charge is 0.343 e. The molecule has 0 atom stereocenters. The Kier molecular flexibility index (Phi) is 6.96. The molecule has 0 spiro atoms. The molecule has 0 heterocycles. The van der Waals surface area contributed by atoms with Gasteiger partial charge in [0.15, 0.2) is 0 Å². The summed E-state index contributed by atoms with van der Waals surface area (Å²) in [6.45, 7) is 2.17. The molecule has 0 saturated heterocycles. The lowest BCUT2D eigenvalue weighted by Gasteiger charge is -2.06. The van der Waals surface area contributed by atoms with Crippen molar-refractivity contribution in [3.05, 3.63) is 71.3 Å². The van der Waals surface area contributed by atoms with Crippen molar-refractivity contribution in [1.29, 1.82) is 0 Å². The molecule has 0 aliphatic heterocycles. The molecular formula is C21H22O4. The molecule has 1 N–H and O–H groups in total. The summed E-state index contributed by atoms with van der Waals surface area (Å²) in [6, 6.07) is 14.2. The normalized spacial score (nSPS) is 10.8. The Labute approximate surface area is 147 Å². The quantitative estimate of drug-likeness (QED) is 0.327. The molecule has 0 radical (unpaired) electrons. The minimum Gasteiger partial charge on any atom is -0.478 e. The average Bonchev–Trinajstić information content (AvgIpc) is 2.62. The van der Waals surface area contributed by atoms with Crippen molar-refractivity contribution < 1.29 is 19.4 Å². The fourth-order valence-electron chi connectivity index (χ4n) is 2.37. The number of rotatable bonds is 8. The Morgan fingerprint density at radius 3 is 2.28 bits per heavy atom. The van der Waals surface area contributed by atoms with Crippen LogP contribution in [-0.2, 0) is 11.2 Å². The van der Waals surface area contributed by atoms with Gasteiger partial charge in [-0.2, -0.15) is 0 Å². The van der Waals surface area contributed by atoms with Crippen LogP contribution in [0.4, 0.5) is 0 Å². The topological polar surface area (TPSA) is 63.6 Å². The zero-order chi connectivity index (χ0) is 18.1. The molecule has 0 unspecified atom stereocenters. The predicted molar refractivity (Wildman–Crippen MR) is 97.7 cm³/mol. The molecular weight excluding hydrogens is 316 g/mol. The SMILES string of the molecule is CCCCCc1ccc(C(=O)Oc2ccc(C=CC(=O)O)cc2)cc1. The van der Waals surface area contributed by atoms with Gasteiger partial charge in [0.25, 0.3) is 0 Å². The first-order valence-electron chi connectivity index (χ1n) is 8.40. The Morgan fingerprint density at radius 1 is 1.00 bits per heavy atom. The number of benzene rings is 2. The van der Waals surface area contributed by atoms with E-state index in [0.717, 1.165) is 24.5 Å². The molecule has 0 amide bonds. The van der Waals surface area contributed by atoms with Gasteiger partial charge in [-0.1, -0.05) is 44.0 Å². The van der Waals surface area contributed by atoms with Gasteiger partial charge in [-0.15, -0.1) is 0 Å². The number of hydrogen-bond donors (Lipinski definition) is 1. The van der Waals surface area contributed by atoms with Gasteiger partial charge < -0.3 is 9.84 Å². The maximum Gasteiger partial charge on any atom is 0.343 e. The summed E-state index contributed by atoms with van der Waals surface area (Å²) in [4.78, 5) is 22.7. The standard InChI is InChI=1S/C21H22O4/c1-2-3-4-5-16-6-11-18(12-7-16)21(24)25-19-13-8-17(9-14-19)10-15-20(22)23/h6-15H,2-5H2,1H3,(H,22,23).